The third-order valence-electron chi connectivity index (χ3n) is 4.61. The molecule has 9 heteroatoms. The highest BCUT2D eigenvalue weighted by Crippen LogP contribution is 2.25. The van der Waals surface area contributed by atoms with Gasteiger partial charge < -0.3 is 5.32 Å². The number of rotatable bonds is 5. The van der Waals surface area contributed by atoms with Crippen LogP contribution in [0.25, 0.3) is 0 Å². The first-order valence-corrected chi connectivity index (χ1v) is 9.68. The van der Waals surface area contributed by atoms with E-state index in [1.54, 1.807) is 18.3 Å². The van der Waals surface area contributed by atoms with E-state index in [1.165, 1.54) is 16.2 Å². The van der Waals surface area contributed by atoms with E-state index < -0.39 is 12.7 Å². The van der Waals surface area contributed by atoms with Gasteiger partial charge in [-0.25, -0.2) is 4.98 Å². The molecule has 1 N–H and O–H groups in total. The van der Waals surface area contributed by atoms with Crippen LogP contribution in [0.4, 0.5) is 18.3 Å². The molecule has 0 atom stereocenters. The van der Waals surface area contributed by atoms with Crippen LogP contribution in [0.15, 0.2) is 30.5 Å². The van der Waals surface area contributed by atoms with Gasteiger partial charge in [0.25, 0.3) is 0 Å². The second-order valence-electron chi connectivity index (χ2n) is 6.77. The molecule has 1 aromatic heterocycles. The summed E-state index contributed by atoms with van der Waals surface area (Å²) in [5.41, 5.74) is 1.64. The van der Waals surface area contributed by atoms with Crippen molar-refractivity contribution in [3.05, 3.63) is 46.5 Å². The third kappa shape index (κ3) is 5.78. The minimum atomic E-state index is -4.21. The van der Waals surface area contributed by atoms with Gasteiger partial charge in [-0.3, -0.25) is 9.69 Å². The molecule has 0 unspecified atom stereocenters. The number of anilines is 1. The first-order chi connectivity index (χ1) is 13.3. The van der Waals surface area contributed by atoms with Gasteiger partial charge in [0.1, 0.15) is 0 Å². The van der Waals surface area contributed by atoms with Crippen molar-refractivity contribution in [3.63, 3.8) is 0 Å². The molecule has 1 fully saturated rings. The molecule has 1 amide bonds. The summed E-state index contributed by atoms with van der Waals surface area (Å²) < 4.78 is 37.3. The Morgan fingerprint density at radius 2 is 1.96 bits per heavy atom. The predicted molar refractivity (Wildman–Crippen MR) is 99.9 cm³/mol. The van der Waals surface area contributed by atoms with E-state index in [4.69, 9.17) is 5.26 Å². The normalized spacial score (nSPS) is 15.9. The number of nitriles is 1. The SMILES string of the molecule is N#Cc1ccc(Cc2cnc(NC(=O)C3CCN(CC(F)(F)F)CC3)s2)cc1. The molecule has 0 aliphatic carbocycles. The van der Waals surface area contributed by atoms with E-state index in [9.17, 15) is 18.0 Å². The number of nitrogens with one attached hydrogen (secondary N) is 1. The molecule has 148 valence electrons. The summed E-state index contributed by atoms with van der Waals surface area (Å²) in [7, 11) is 0. The Bertz CT molecular complexity index is 849. The molecule has 0 saturated carbocycles. The van der Waals surface area contributed by atoms with Gasteiger partial charge in [-0.1, -0.05) is 12.1 Å². The number of aromatic nitrogens is 1. The van der Waals surface area contributed by atoms with Crippen LogP contribution in [0.5, 0.6) is 0 Å². The van der Waals surface area contributed by atoms with E-state index in [0.717, 1.165) is 10.4 Å². The van der Waals surface area contributed by atoms with Crippen LogP contribution in [0.1, 0.15) is 28.8 Å². The Kier molecular flexibility index (Phi) is 6.31. The Balaban J connectivity index is 1.49. The smallest absolute Gasteiger partial charge is 0.302 e. The monoisotopic (exact) mass is 408 g/mol. The lowest BCUT2D eigenvalue weighted by molar-refractivity contribution is -0.149. The molecule has 0 spiro atoms. The van der Waals surface area contributed by atoms with Crippen molar-refractivity contribution in [2.75, 3.05) is 25.0 Å². The highest BCUT2D eigenvalue weighted by atomic mass is 32.1. The van der Waals surface area contributed by atoms with Crippen molar-refractivity contribution >= 4 is 22.4 Å². The van der Waals surface area contributed by atoms with Gasteiger partial charge in [-0.15, -0.1) is 11.3 Å². The maximum Gasteiger partial charge on any atom is 0.401 e. The molecule has 1 aromatic carbocycles. The lowest BCUT2D eigenvalue weighted by Crippen LogP contribution is -2.42. The Morgan fingerprint density at radius 1 is 1.29 bits per heavy atom. The van der Waals surface area contributed by atoms with Crippen LogP contribution in [0.3, 0.4) is 0 Å². The maximum atomic E-state index is 12.4. The number of likely N-dealkylation sites (tertiary alicyclic amines) is 1. The molecule has 1 aliphatic rings. The molecule has 2 heterocycles. The zero-order chi connectivity index (χ0) is 20.1. The Morgan fingerprint density at radius 3 is 2.57 bits per heavy atom. The number of halogens is 3. The second-order valence-corrected chi connectivity index (χ2v) is 7.89. The third-order valence-corrected chi connectivity index (χ3v) is 5.52. The highest BCUT2D eigenvalue weighted by Gasteiger charge is 2.34. The number of alkyl halides is 3. The van der Waals surface area contributed by atoms with Gasteiger partial charge in [0.15, 0.2) is 5.13 Å². The number of amides is 1. The maximum absolute atomic E-state index is 12.4. The summed E-state index contributed by atoms with van der Waals surface area (Å²) in [5.74, 6) is -0.485. The zero-order valence-corrected chi connectivity index (χ0v) is 15.8. The summed E-state index contributed by atoms with van der Waals surface area (Å²) in [6.07, 6.45) is -1.04. The molecule has 3 rings (SSSR count). The minimum absolute atomic E-state index is 0.189. The van der Waals surface area contributed by atoms with Crippen LogP contribution >= 0.6 is 11.3 Å². The molecular formula is C19H19F3N4OS. The Labute approximate surface area is 164 Å². The van der Waals surface area contributed by atoms with E-state index in [-0.39, 0.29) is 24.9 Å². The summed E-state index contributed by atoms with van der Waals surface area (Å²) in [6, 6.07) is 9.34. The average Bonchev–Trinajstić information content (AvgIpc) is 3.08. The number of hydrogen-bond donors (Lipinski definition) is 1. The number of thiazole rings is 1. The lowest BCUT2D eigenvalue weighted by atomic mass is 9.96. The molecular weight excluding hydrogens is 389 g/mol. The lowest BCUT2D eigenvalue weighted by Gasteiger charge is -2.31. The van der Waals surface area contributed by atoms with Crippen molar-refractivity contribution in [1.82, 2.24) is 9.88 Å². The van der Waals surface area contributed by atoms with Crippen molar-refractivity contribution in [3.8, 4) is 6.07 Å². The van der Waals surface area contributed by atoms with Crippen LogP contribution in [0, 0.1) is 17.2 Å². The van der Waals surface area contributed by atoms with Crippen molar-refractivity contribution < 1.29 is 18.0 Å². The van der Waals surface area contributed by atoms with Gasteiger partial charge in [-0.2, -0.15) is 18.4 Å². The van der Waals surface area contributed by atoms with E-state index >= 15 is 0 Å². The zero-order valence-electron chi connectivity index (χ0n) is 15.0. The predicted octanol–water partition coefficient (Wildman–Crippen LogP) is 3.82. The number of carbonyl (C=O) groups excluding carboxylic acids is 1. The van der Waals surface area contributed by atoms with Crippen LogP contribution in [-0.2, 0) is 11.2 Å². The van der Waals surface area contributed by atoms with Gasteiger partial charge >= 0.3 is 6.18 Å². The quantitative estimate of drug-likeness (QED) is 0.817. The number of benzene rings is 1. The first-order valence-electron chi connectivity index (χ1n) is 8.86. The summed E-state index contributed by atoms with van der Waals surface area (Å²) in [6.45, 7) is -0.397. The number of piperidine rings is 1. The fourth-order valence-electron chi connectivity index (χ4n) is 3.16. The topological polar surface area (TPSA) is 69.0 Å². The number of nitrogens with zero attached hydrogens (tertiary/aromatic N) is 3. The van der Waals surface area contributed by atoms with Gasteiger partial charge in [0, 0.05) is 23.4 Å². The molecule has 2 aromatic rings. The van der Waals surface area contributed by atoms with Crippen molar-refractivity contribution in [1.29, 1.82) is 5.26 Å². The number of hydrogen-bond acceptors (Lipinski definition) is 5. The number of carbonyl (C=O) groups is 1. The minimum Gasteiger partial charge on any atom is -0.302 e. The van der Waals surface area contributed by atoms with Crippen LogP contribution in [0.2, 0.25) is 0 Å². The van der Waals surface area contributed by atoms with Crippen LogP contribution < -0.4 is 5.32 Å². The van der Waals surface area contributed by atoms with E-state index in [1.807, 2.05) is 12.1 Å². The van der Waals surface area contributed by atoms with Crippen LogP contribution in [-0.4, -0.2) is 41.6 Å². The molecule has 1 saturated heterocycles. The molecule has 5 nitrogen and oxygen atoms in total. The second kappa shape index (κ2) is 8.71. The molecule has 0 bridgehead atoms. The summed E-state index contributed by atoms with van der Waals surface area (Å²) >= 11 is 1.37. The molecule has 1 aliphatic heterocycles. The molecule has 28 heavy (non-hydrogen) atoms. The highest BCUT2D eigenvalue weighted by molar-refractivity contribution is 7.15. The Hall–Kier alpha value is -2.44. The van der Waals surface area contributed by atoms with E-state index in [0.29, 0.717) is 30.0 Å². The summed E-state index contributed by atoms with van der Waals surface area (Å²) in [5, 5.41) is 12.1. The van der Waals surface area contributed by atoms with Gasteiger partial charge in [-0.05, 0) is 43.6 Å². The average molecular weight is 408 g/mol. The van der Waals surface area contributed by atoms with Crippen molar-refractivity contribution in [2.45, 2.75) is 25.4 Å². The summed E-state index contributed by atoms with van der Waals surface area (Å²) in [4.78, 5) is 18.9. The first kappa shape index (κ1) is 20.3. The van der Waals surface area contributed by atoms with E-state index in [2.05, 4.69) is 16.4 Å². The standard InChI is InChI=1S/C19H19F3N4OS/c20-19(21,22)12-26-7-5-15(6-8-26)17(27)25-18-24-11-16(28-18)9-13-1-3-14(10-23)4-2-13/h1-4,11,15H,5-9,12H2,(H,24,25,27). The largest absolute Gasteiger partial charge is 0.401 e. The van der Waals surface area contributed by atoms with Gasteiger partial charge in [0.2, 0.25) is 5.91 Å². The van der Waals surface area contributed by atoms with Crippen molar-refractivity contribution in [2.24, 2.45) is 5.92 Å². The fraction of sp³-hybridized carbons (Fsp3) is 0.421. The fourth-order valence-corrected chi connectivity index (χ4v) is 4.01. The molecule has 0 radical (unpaired) electrons. The van der Waals surface area contributed by atoms with Gasteiger partial charge in [0.05, 0.1) is 18.2 Å².